The highest BCUT2D eigenvalue weighted by Gasteiger charge is 2.27. The van der Waals surface area contributed by atoms with Crippen LogP contribution in [-0.2, 0) is 9.53 Å². The van der Waals surface area contributed by atoms with Crippen LogP contribution in [-0.4, -0.2) is 30.9 Å². The first-order valence-corrected chi connectivity index (χ1v) is 7.99. The quantitative estimate of drug-likeness (QED) is 0.647. The molecule has 1 saturated carbocycles. The van der Waals surface area contributed by atoms with Gasteiger partial charge >= 0.3 is 5.97 Å². The number of rotatable bonds is 6. The van der Waals surface area contributed by atoms with Gasteiger partial charge in [0.1, 0.15) is 0 Å². The first kappa shape index (κ1) is 15.2. The van der Waals surface area contributed by atoms with Crippen LogP contribution >= 0.6 is 11.3 Å². The molecule has 1 aliphatic carbocycles. The molecule has 1 fully saturated rings. The van der Waals surface area contributed by atoms with E-state index in [0.717, 1.165) is 12.8 Å². The molecule has 1 N–H and O–H groups in total. The van der Waals surface area contributed by atoms with E-state index in [2.05, 4.69) is 5.32 Å². The molecule has 1 atom stereocenters. The maximum Gasteiger partial charge on any atom is 0.307 e. The molecule has 0 bridgehead atoms. The molecular weight excluding hydrogens is 274 g/mol. The molecule has 1 aromatic rings. The first-order chi connectivity index (χ1) is 9.70. The zero-order chi connectivity index (χ0) is 14.4. The van der Waals surface area contributed by atoms with Crippen LogP contribution in [0.15, 0.2) is 17.5 Å². The fourth-order valence-corrected chi connectivity index (χ4v) is 3.34. The van der Waals surface area contributed by atoms with Gasteiger partial charge in [-0.05, 0) is 24.3 Å². The summed E-state index contributed by atoms with van der Waals surface area (Å²) >= 11 is 1.41. The molecule has 4 nitrogen and oxygen atoms in total. The summed E-state index contributed by atoms with van der Waals surface area (Å²) in [6, 6.07) is 3.53. The van der Waals surface area contributed by atoms with E-state index in [9.17, 15) is 9.59 Å². The van der Waals surface area contributed by atoms with Crippen LogP contribution in [0.25, 0.3) is 0 Å². The Balaban J connectivity index is 2.03. The number of ketones is 1. The monoisotopic (exact) mass is 295 g/mol. The number of carbonyl (C=O) groups is 2. The van der Waals surface area contributed by atoms with Crippen LogP contribution in [0.2, 0.25) is 0 Å². The number of nitrogens with one attached hydrogen (secondary N) is 1. The molecule has 2 rings (SSSR count). The van der Waals surface area contributed by atoms with Gasteiger partial charge in [-0.1, -0.05) is 25.3 Å². The fraction of sp³-hybridized carbons (Fsp3) is 0.600. The Morgan fingerprint density at radius 1 is 1.40 bits per heavy atom. The maximum atomic E-state index is 12.5. The summed E-state index contributed by atoms with van der Waals surface area (Å²) in [7, 11) is 1.36. The molecule has 0 aromatic carbocycles. The molecule has 0 aliphatic heterocycles. The lowest BCUT2D eigenvalue weighted by molar-refractivity contribution is -0.141. The lowest BCUT2D eigenvalue weighted by atomic mass is 9.94. The molecule has 1 aliphatic rings. The van der Waals surface area contributed by atoms with E-state index in [1.54, 1.807) is 6.07 Å². The minimum atomic E-state index is -0.468. The average molecular weight is 295 g/mol. The van der Waals surface area contributed by atoms with E-state index in [1.165, 1.54) is 37.7 Å². The van der Waals surface area contributed by atoms with Crippen LogP contribution < -0.4 is 5.32 Å². The van der Waals surface area contributed by atoms with E-state index in [4.69, 9.17) is 4.74 Å². The van der Waals surface area contributed by atoms with Gasteiger partial charge in [0, 0.05) is 6.04 Å². The van der Waals surface area contributed by atoms with Gasteiger partial charge in [0.2, 0.25) is 0 Å². The van der Waals surface area contributed by atoms with Gasteiger partial charge < -0.3 is 10.1 Å². The number of esters is 1. The Labute approximate surface area is 123 Å². The van der Waals surface area contributed by atoms with Gasteiger partial charge in [0.25, 0.3) is 0 Å². The first-order valence-electron chi connectivity index (χ1n) is 7.11. The predicted molar refractivity (Wildman–Crippen MR) is 79.1 cm³/mol. The highest BCUT2D eigenvalue weighted by Crippen LogP contribution is 2.20. The van der Waals surface area contributed by atoms with Crippen molar-refractivity contribution < 1.29 is 14.3 Å². The van der Waals surface area contributed by atoms with E-state index >= 15 is 0 Å². The number of hydrogen-bond donors (Lipinski definition) is 1. The normalized spacial score (nSPS) is 17.6. The summed E-state index contributed by atoms with van der Waals surface area (Å²) in [5.41, 5.74) is 0. The van der Waals surface area contributed by atoms with Crippen molar-refractivity contribution in [2.45, 2.75) is 50.6 Å². The smallest absolute Gasteiger partial charge is 0.307 e. The third kappa shape index (κ3) is 4.15. The Hall–Kier alpha value is -1.20. The highest BCUT2D eigenvalue weighted by atomic mass is 32.1. The lowest BCUT2D eigenvalue weighted by Crippen LogP contribution is -2.45. The maximum absolute atomic E-state index is 12.5. The predicted octanol–water partition coefficient (Wildman–Crippen LogP) is 2.78. The molecule has 0 spiro atoms. The third-order valence-electron chi connectivity index (χ3n) is 3.72. The van der Waals surface area contributed by atoms with Gasteiger partial charge in [-0.2, -0.15) is 0 Å². The van der Waals surface area contributed by atoms with Gasteiger partial charge in [0.15, 0.2) is 5.78 Å². The molecule has 0 amide bonds. The van der Waals surface area contributed by atoms with Gasteiger partial charge in [-0.3, -0.25) is 9.59 Å². The number of carbonyl (C=O) groups excluding carboxylic acids is 2. The van der Waals surface area contributed by atoms with Crippen LogP contribution in [0, 0.1) is 0 Å². The van der Waals surface area contributed by atoms with Crippen molar-refractivity contribution in [3.8, 4) is 0 Å². The van der Waals surface area contributed by atoms with Gasteiger partial charge in [-0.15, -0.1) is 11.3 Å². The van der Waals surface area contributed by atoms with Crippen LogP contribution in [0.5, 0.6) is 0 Å². The second kappa shape index (κ2) is 7.55. The topological polar surface area (TPSA) is 55.4 Å². The van der Waals surface area contributed by atoms with Crippen molar-refractivity contribution >= 4 is 23.1 Å². The van der Waals surface area contributed by atoms with Crippen LogP contribution in [0.4, 0.5) is 0 Å². The SMILES string of the molecule is COC(=O)CC(NC1CCCCC1)C(=O)c1cccs1. The van der Waals surface area contributed by atoms with Crippen molar-refractivity contribution in [3.63, 3.8) is 0 Å². The Morgan fingerprint density at radius 2 is 2.15 bits per heavy atom. The summed E-state index contributed by atoms with van der Waals surface area (Å²) in [6.45, 7) is 0. The van der Waals surface area contributed by atoms with Crippen molar-refractivity contribution in [2.75, 3.05) is 7.11 Å². The second-order valence-corrected chi connectivity index (χ2v) is 6.12. The Kier molecular flexibility index (Phi) is 5.73. The van der Waals surface area contributed by atoms with Crippen molar-refractivity contribution in [1.82, 2.24) is 5.32 Å². The van der Waals surface area contributed by atoms with Gasteiger partial charge in [-0.25, -0.2) is 0 Å². The molecule has 1 aromatic heterocycles. The number of methoxy groups -OCH3 is 1. The third-order valence-corrected chi connectivity index (χ3v) is 4.61. The lowest BCUT2D eigenvalue weighted by Gasteiger charge is -2.27. The van der Waals surface area contributed by atoms with E-state index < -0.39 is 6.04 Å². The number of Topliss-reactive ketones (excluding diaryl/α,β-unsaturated/α-hetero) is 1. The summed E-state index contributed by atoms with van der Waals surface area (Å²) in [4.78, 5) is 24.7. The fourth-order valence-electron chi connectivity index (χ4n) is 2.62. The minimum absolute atomic E-state index is 0.00373. The molecule has 0 radical (unpaired) electrons. The average Bonchev–Trinajstić information content (AvgIpc) is 3.01. The van der Waals surface area contributed by atoms with Crippen LogP contribution in [0.3, 0.4) is 0 Å². The Bertz CT molecular complexity index is 438. The van der Waals surface area contributed by atoms with E-state index in [1.807, 2.05) is 11.4 Å². The standard InChI is InChI=1S/C15H21NO3S/c1-19-14(17)10-12(15(18)13-8-5-9-20-13)16-11-6-3-2-4-7-11/h5,8-9,11-12,16H,2-4,6-7,10H2,1H3. The molecule has 5 heteroatoms. The van der Waals surface area contributed by atoms with E-state index in [0.29, 0.717) is 10.9 Å². The van der Waals surface area contributed by atoms with Gasteiger partial charge in [0.05, 0.1) is 24.4 Å². The van der Waals surface area contributed by atoms with Crippen molar-refractivity contribution in [2.24, 2.45) is 0 Å². The summed E-state index contributed by atoms with van der Waals surface area (Å²) < 4.78 is 4.71. The molecular formula is C15H21NO3S. The molecule has 110 valence electrons. The minimum Gasteiger partial charge on any atom is -0.469 e. The van der Waals surface area contributed by atoms with Crippen molar-refractivity contribution in [3.05, 3.63) is 22.4 Å². The molecule has 20 heavy (non-hydrogen) atoms. The second-order valence-electron chi connectivity index (χ2n) is 5.18. The van der Waals surface area contributed by atoms with E-state index in [-0.39, 0.29) is 18.2 Å². The number of thiophene rings is 1. The van der Waals surface area contributed by atoms with Crippen molar-refractivity contribution in [1.29, 1.82) is 0 Å². The molecule has 1 unspecified atom stereocenters. The summed E-state index contributed by atoms with van der Waals surface area (Å²) in [5.74, 6) is -0.348. The number of hydrogen-bond acceptors (Lipinski definition) is 5. The van der Waals surface area contributed by atoms with Crippen LogP contribution in [0.1, 0.15) is 48.2 Å². The zero-order valence-electron chi connectivity index (χ0n) is 11.8. The largest absolute Gasteiger partial charge is 0.469 e. The number of ether oxygens (including phenoxy) is 1. The summed E-state index contributed by atoms with van der Waals surface area (Å²) in [5, 5.41) is 5.24. The molecule has 1 heterocycles. The zero-order valence-corrected chi connectivity index (χ0v) is 12.6. The highest BCUT2D eigenvalue weighted by molar-refractivity contribution is 7.12. The Morgan fingerprint density at radius 3 is 2.75 bits per heavy atom. The summed E-state index contributed by atoms with van der Waals surface area (Å²) in [6.07, 6.45) is 5.90. The molecule has 0 saturated heterocycles.